The van der Waals surface area contributed by atoms with E-state index in [4.69, 9.17) is 0 Å². The van der Waals surface area contributed by atoms with Gasteiger partial charge >= 0.3 is 0 Å². The minimum atomic E-state index is -1.41. The number of amides is 4. The van der Waals surface area contributed by atoms with Crippen molar-refractivity contribution in [2.24, 2.45) is 0 Å². The largest absolute Gasteiger partial charge is 0.295 e. The van der Waals surface area contributed by atoms with Gasteiger partial charge in [-0.05, 0) is 35.1 Å². The molecule has 1 aromatic carbocycles. The second kappa shape index (κ2) is 5.07. The van der Waals surface area contributed by atoms with Gasteiger partial charge in [0.05, 0.1) is 11.1 Å². The summed E-state index contributed by atoms with van der Waals surface area (Å²) in [4.78, 5) is 48.2. The molecule has 22 heavy (non-hydrogen) atoms. The molecule has 1 aromatic rings. The van der Waals surface area contributed by atoms with Crippen molar-refractivity contribution in [3.63, 3.8) is 0 Å². The summed E-state index contributed by atoms with van der Waals surface area (Å²) in [5, 5.41) is 2.02. The molecular formula is C13H7F2IN2O4. The number of nitrogens with one attached hydrogen (secondary N) is 1. The normalized spacial score (nSPS) is 21.2. The average Bonchev–Trinajstić information content (AvgIpc) is 2.69. The van der Waals surface area contributed by atoms with Crippen LogP contribution in [-0.4, -0.2) is 34.6 Å². The molecule has 0 bridgehead atoms. The van der Waals surface area contributed by atoms with Crippen LogP contribution < -0.4 is 5.32 Å². The summed E-state index contributed by atoms with van der Waals surface area (Å²) in [7, 11) is 0. The summed E-state index contributed by atoms with van der Waals surface area (Å²) in [5.41, 5.74) is -0.923. The Hall–Kier alpha value is -1.91. The molecule has 1 saturated heterocycles. The SMILES string of the molecule is O=C1CCC(N2C(=O)c3c(I)cc(F)c(F)c3C2=O)C(=O)N1. The summed E-state index contributed by atoms with van der Waals surface area (Å²) in [6.45, 7) is 0. The number of imide groups is 2. The van der Waals surface area contributed by atoms with Gasteiger partial charge in [-0.1, -0.05) is 0 Å². The lowest BCUT2D eigenvalue weighted by Gasteiger charge is -2.27. The number of carbonyl (C=O) groups is 4. The van der Waals surface area contributed by atoms with Crippen LogP contribution in [-0.2, 0) is 9.59 Å². The Bertz CT molecular complexity index is 765. The fraction of sp³-hybridized carbons (Fsp3) is 0.231. The Balaban J connectivity index is 2.08. The fourth-order valence-corrected chi connectivity index (χ4v) is 3.32. The molecule has 3 rings (SSSR count). The number of nitrogens with zero attached hydrogens (tertiary/aromatic N) is 1. The first-order valence-electron chi connectivity index (χ1n) is 6.22. The number of rotatable bonds is 1. The highest BCUT2D eigenvalue weighted by Crippen LogP contribution is 2.33. The maximum atomic E-state index is 13.9. The van der Waals surface area contributed by atoms with Crippen molar-refractivity contribution >= 4 is 46.2 Å². The van der Waals surface area contributed by atoms with Gasteiger partial charge in [-0.3, -0.25) is 29.4 Å². The smallest absolute Gasteiger partial charge is 0.265 e. The highest BCUT2D eigenvalue weighted by Gasteiger charge is 2.47. The highest BCUT2D eigenvalue weighted by molar-refractivity contribution is 14.1. The van der Waals surface area contributed by atoms with E-state index >= 15 is 0 Å². The topological polar surface area (TPSA) is 83.6 Å². The van der Waals surface area contributed by atoms with Crippen molar-refractivity contribution in [3.8, 4) is 0 Å². The molecule has 4 amide bonds. The zero-order valence-corrected chi connectivity index (χ0v) is 12.9. The third-order valence-electron chi connectivity index (χ3n) is 3.56. The molecule has 0 spiro atoms. The van der Waals surface area contributed by atoms with E-state index in [1.165, 1.54) is 0 Å². The van der Waals surface area contributed by atoms with Crippen molar-refractivity contribution < 1.29 is 28.0 Å². The van der Waals surface area contributed by atoms with E-state index in [1.54, 1.807) is 22.6 Å². The second-order valence-electron chi connectivity index (χ2n) is 4.85. The first-order valence-corrected chi connectivity index (χ1v) is 7.30. The summed E-state index contributed by atoms with van der Waals surface area (Å²) < 4.78 is 27.4. The standard InChI is InChI=1S/C13H7F2IN2O4/c14-4-3-5(16)8-9(10(4)15)13(22)18(12(8)21)6-1-2-7(19)17-11(6)20/h3,6H,1-2H2,(H,17,19,20). The van der Waals surface area contributed by atoms with Gasteiger partial charge in [-0.2, -0.15) is 0 Å². The maximum Gasteiger partial charge on any atom is 0.265 e. The number of benzene rings is 1. The van der Waals surface area contributed by atoms with E-state index in [1.807, 2.05) is 5.32 Å². The van der Waals surface area contributed by atoms with Gasteiger partial charge in [0.15, 0.2) is 11.6 Å². The lowest BCUT2D eigenvalue weighted by molar-refractivity contribution is -0.136. The van der Waals surface area contributed by atoms with Crippen LogP contribution in [0.1, 0.15) is 33.6 Å². The van der Waals surface area contributed by atoms with Crippen molar-refractivity contribution in [2.45, 2.75) is 18.9 Å². The van der Waals surface area contributed by atoms with Crippen molar-refractivity contribution in [1.82, 2.24) is 10.2 Å². The first-order chi connectivity index (χ1) is 10.3. The van der Waals surface area contributed by atoms with Gasteiger partial charge in [0.2, 0.25) is 11.8 Å². The molecule has 0 aromatic heterocycles. The number of piperidine rings is 1. The number of carbonyl (C=O) groups excluding carboxylic acids is 4. The van der Waals surface area contributed by atoms with Gasteiger partial charge in [0, 0.05) is 9.99 Å². The predicted octanol–water partition coefficient (Wildman–Crippen LogP) is 0.971. The third kappa shape index (κ3) is 2.02. The van der Waals surface area contributed by atoms with Crippen LogP contribution in [0.2, 0.25) is 0 Å². The molecule has 0 radical (unpaired) electrons. The molecule has 1 atom stereocenters. The Morgan fingerprint density at radius 1 is 1.14 bits per heavy atom. The molecule has 2 aliphatic rings. The third-order valence-corrected chi connectivity index (χ3v) is 4.41. The summed E-state index contributed by atoms with van der Waals surface area (Å²) in [6.07, 6.45) is -0.0887. The maximum absolute atomic E-state index is 13.9. The van der Waals surface area contributed by atoms with Gasteiger partial charge in [0.1, 0.15) is 6.04 Å². The number of halogens is 3. The van der Waals surface area contributed by atoms with Crippen molar-refractivity contribution in [2.75, 3.05) is 0 Å². The molecule has 2 heterocycles. The van der Waals surface area contributed by atoms with Gasteiger partial charge in [-0.15, -0.1) is 0 Å². The van der Waals surface area contributed by atoms with E-state index in [0.29, 0.717) is 4.90 Å². The fourth-order valence-electron chi connectivity index (χ4n) is 2.55. The summed E-state index contributed by atoms with van der Waals surface area (Å²) in [5.74, 6) is -5.90. The number of fused-ring (bicyclic) bond motifs is 1. The van der Waals surface area contributed by atoms with Crippen molar-refractivity contribution in [1.29, 1.82) is 0 Å². The second-order valence-corrected chi connectivity index (χ2v) is 6.01. The summed E-state index contributed by atoms with van der Waals surface area (Å²) >= 11 is 1.62. The molecule has 1 N–H and O–H groups in total. The predicted molar refractivity (Wildman–Crippen MR) is 75.7 cm³/mol. The molecule has 2 aliphatic heterocycles. The van der Waals surface area contributed by atoms with Crippen LogP contribution in [0.3, 0.4) is 0 Å². The Morgan fingerprint density at radius 3 is 2.41 bits per heavy atom. The Kier molecular flexibility index (Phi) is 3.46. The molecule has 1 fully saturated rings. The molecule has 114 valence electrons. The first kappa shape index (κ1) is 15.0. The molecule has 0 saturated carbocycles. The average molecular weight is 420 g/mol. The van der Waals surface area contributed by atoms with E-state index < -0.39 is 46.9 Å². The van der Waals surface area contributed by atoms with Crippen molar-refractivity contribution in [3.05, 3.63) is 32.4 Å². The summed E-state index contributed by atoms with van der Waals surface area (Å²) in [6, 6.07) is -0.392. The van der Waals surface area contributed by atoms with E-state index in [2.05, 4.69) is 0 Å². The highest BCUT2D eigenvalue weighted by atomic mass is 127. The van der Waals surface area contributed by atoms with E-state index in [-0.39, 0.29) is 22.0 Å². The van der Waals surface area contributed by atoms with Gasteiger partial charge in [0.25, 0.3) is 11.8 Å². The van der Waals surface area contributed by atoms with E-state index in [9.17, 15) is 28.0 Å². The quantitative estimate of drug-likeness (QED) is 0.417. The van der Waals surface area contributed by atoms with E-state index in [0.717, 1.165) is 6.07 Å². The van der Waals surface area contributed by atoms with Crippen LogP contribution in [0.4, 0.5) is 8.78 Å². The molecule has 0 aliphatic carbocycles. The molecule has 1 unspecified atom stereocenters. The van der Waals surface area contributed by atoms with Crippen LogP contribution in [0.15, 0.2) is 6.07 Å². The van der Waals surface area contributed by atoms with Crippen LogP contribution in [0.25, 0.3) is 0 Å². The lowest BCUT2D eigenvalue weighted by atomic mass is 10.0. The molecule has 9 heteroatoms. The molecule has 6 nitrogen and oxygen atoms in total. The van der Waals surface area contributed by atoms with Crippen LogP contribution >= 0.6 is 22.6 Å². The minimum Gasteiger partial charge on any atom is -0.295 e. The Labute approximate surface area is 136 Å². The lowest BCUT2D eigenvalue weighted by Crippen LogP contribution is -2.54. The zero-order valence-electron chi connectivity index (χ0n) is 10.8. The number of hydrogen-bond donors (Lipinski definition) is 1. The monoisotopic (exact) mass is 420 g/mol. The van der Waals surface area contributed by atoms with Gasteiger partial charge < -0.3 is 0 Å². The zero-order chi connectivity index (χ0) is 16.2. The number of hydrogen-bond acceptors (Lipinski definition) is 4. The Morgan fingerprint density at radius 2 is 1.77 bits per heavy atom. The van der Waals surface area contributed by atoms with Crippen LogP contribution in [0, 0.1) is 15.2 Å². The van der Waals surface area contributed by atoms with Crippen LogP contribution in [0.5, 0.6) is 0 Å². The van der Waals surface area contributed by atoms with Gasteiger partial charge in [-0.25, -0.2) is 8.78 Å². The minimum absolute atomic E-state index is 0.0439. The molecular weight excluding hydrogens is 413 g/mol.